The third-order valence-electron chi connectivity index (χ3n) is 1.97. The van der Waals surface area contributed by atoms with E-state index < -0.39 is 0 Å². The van der Waals surface area contributed by atoms with Crippen molar-refractivity contribution in [2.75, 3.05) is 7.11 Å². The summed E-state index contributed by atoms with van der Waals surface area (Å²) < 4.78 is 4.52. The molecule has 0 saturated heterocycles. The third-order valence-corrected chi connectivity index (χ3v) is 1.97. The molecule has 1 atom stereocenters. The third kappa shape index (κ3) is 4.42. The van der Waals surface area contributed by atoms with Crippen LogP contribution in [0, 0.1) is 0 Å². The van der Waals surface area contributed by atoms with Gasteiger partial charge in [0.1, 0.15) is 0 Å². The van der Waals surface area contributed by atoms with Crippen LogP contribution in [0.25, 0.3) is 6.08 Å². The first-order valence-corrected chi connectivity index (χ1v) is 4.78. The lowest BCUT2D eigenvalue weighted by molar-refractivity contribution is -0.140. The van der Waals surface area contributed by atoms with Gasteiger partial charge in [-0.15, -0.1) is 0 Å². The Morgan fingerprint density at radius 2 is 2.13 bits per heavy atom. The van der Waals surface area contributed by atoms with Crippen LogP contribution in [-0.4, -0.2) is 19.1 Å². The van der Waals surface area contributed by atoms with Crippen LogP contribution in [0.1, 0.15) is 12.0 Å². The first-order chi connectivity index (χ1) is 7.22. The number of hydrogen-bond donors (Lipinski definition) is 1. The van der Waals surface area contributed by atoms with Crippen LogP contribution in [0.4, 0.5) is 0 Å². The average Bonchev–Trinajstić information content (AvgIpc) is 2.27. The highest BCUT2D eigenvalue weighted by Crippen LogP contribution is 2.02. The van der Waals surface area contributed by atoms with Crippen molar-refractivity contribution in [2.45, 2.75) is 12.5 Å². The number of esters is 1. The molecule has 0 spiro atoms. The Morgan fingerprint density at radius 1 is 1.47 bits per heavy atom. The van der Waals surface area contributed by atoms with E-state index in [0.29, 0.717) is 0 Å². The fourth-order valence-electron chi connectivity index (χ4n) is 1.14. The van der Waals surface area contributed by atoms with Crippen LogP contribution in [0.2, 0.25) is 0 Å². The molecular weight excluding hydrogens is 190 g/mol. The van der Waals surface area contributed by atoms with Gasteiger partial charge in [0, 0.05) is 6.04 Å². The van der Waals surface area contributed by atoms with E-state index in [9.17, 15) is 4.79 Å². The van der Waals surface area contributed by atoms with Gasteiger partial charge in [-0.1, -0.05) is 42.5 Å². The van der Waals surface area contributed by atoms with Crippen LogP contribution in [-0.2, 0) is 9.53 Å². The standard InChI is InChI=1S/C12H15NO2/c1-15-12(14)9-11(13)8-7-10-5-3-2-4-6-10/h2-8,11H,9,13H2,1H3/t11-/m1/s1. The van der Waals surface area contributed by atoms with Crippen molar-refractivity contribution in [3.63, 3.8) is 0 Å². The molecule has 0 aromatic heterocycles. The van der Waals surface area contributed by atoms with Crippen molar-refractivity contribution in [2.24, 2.45) is 5.73 Å². The normalized spacial score (nSPS) is 12.7. The molecule has 0 heterocycles. The zero-order valence-corrected chi connectivity index (χ0v) is 8.72. The van der Waals surface area contributed by atoms with Gasteiger partial charge in [0.15, 0.2) is 0 Å². The Kier molecular flexibility index (Phi) is 4.57. The fourth-order valence-corrected chi connectivity index (χ4v) is 1.14. The van der Waals surface area contributed by atoms with E-state index in [0.717, 1.165) is 5.56 Å². The predicted octanol–water partition coefficient (Wildman–Crippen LogP) is 1.59. The Morgan fingerprint density at radius 3 is 2.73 bits per heavy atom. The maximum atomic E-state index is 10.9. The largest absolute Gasteiger partial charge is 0.469 e. The number of methoxy groups -OCH3 is 1. The van der Waals surface area contributed by atoms with Crippen LogP contribution in [0.3, 0.4) is 0 Å². The van der Waals surface area contributed by atoms with Crippen LogP contribution in [0.5, 0.6) is 0 Å². The highest BCUT2D eigenvalue weighted by atomic mass is 16.5. The van der Waals surface area contributed by atoms with Gasteiger partial charge in [0.2, 0.25) is 0 Å². The number of rotatable bonds is 4. The fraction of sp³-hybridized carbons (Fsp3) is 0.250. The van der Waals surface area contributed by atoms with E-state index in [1.807, 2.05) is 36.4 Å². The molecule has 0 aliphatic heterocycles. The zero-order valence-electron chi connectivity index (χ0n) is 8.72. The molecule has 80 valence electrons. The molecule has 0 radical (unpaired) electrons. The van der Waals surface area contributed by atoms with Gasteiger partial charge in [-0.05, 0) is 5.56 Å². The van der Waals surface area contributed by atoms with Gasteiger partial charge in [-0.2, -0.15) is 0 Å². The average molecular weight is 205 g/mol. The molecule has 0 aliphatic rings. The second-order valence-electron chi connectivity index (χ2n) is 3.21. The molecule has 1 aromatic carbocycles. The van der Waals surface area contributed by atoms with Crippen molar-refractivity contribution in [3.05, 3.63) is 42.0 Å². The summed E-state index contributed by atoms with van der Waals surface area (Å²) in [5, 5.41) is 0. The lowest BCUT2D eigenvalue weighted by Gasteiger charge is -2.03. The van der Waals surface area contributed by atoms with E-state index in [1.165, 1.54) is 7.11 Å². The maximum Gasteiger partial charge on any atom is 0.307 e. The van der Waals surface area contributed by atoms with E-state index in [-0.39, 0.29) is 18.4 Å². The highest BCUT2D eigenvalue weighted by Gasteiger charge is 2.05. The molecule has 15 heavy (non-hydrogen) atoms. The van der Waals surface area contributed by atoms with E-state index in [1.54, 1.807) is 6.08 Å². The summed E-state index contributed by atoms with van der Waals surface area (Å²) in [7, 11) is 1.36. The Labute approximate surface area is 89.5 Å². The Hall–Kier alpha value is -1.61. The quantitative estimate of drug-likeness (QED) is 0.759. The highest BCUT2D eigenvalue weighted by molar-refractivity contribution is 5.70. The van der Waals surface area contributed by atoms with Gasteiger partial charge >= 0.3 is 5.97 Å². The van der Waals surface area contributed by atoms with Crippen molar-refractivity contribution in [1.29, 1.82) is 0 Å². The van der Waals surface area contributed by atoms with Crippen molar-refractivity contribution >= 4 is 12.0 Å². The molecule has 0 unspecified atom stereocenters. The first-order valence-electron chi connectivity index (χ1n) is 4.78. The van der Waals surface area contributed by atoms with E-state index in [2.05, 4.69) is 4.74 Å². The summed E-state index contributed by atoms with van der Waals surface area (Å²) in [6.07, 6.45) is 3.90. The van der Waals surface area contributed by atoms with Crippen molar-refractivity contribution in [3.8, 4) is 0 Å². The minimum atomic E-state index is -0.294. The topological polar surface area (TPSA) is 52.3 Å². The number of nitrogens with two attached hydrogens (primary N) is 1. The van der Waals surface area contributed by atoms with Gasteiger partial charge in [0.25, 0.3) is 0 Å². The Balaban J connectivity index is 2.47. The minimum Gasteiger partial charge on any atom is -0.469 e. The van der Waals surface area contributed by atoms with Crippen molar-refractivity contribution in [1.82, 2.24) is 0 Å². The molecule has 3 nitrogen and oxygen atoms in total. The number of hydrogen-bond acceptors (Lipinski definition) is 3. The molecule has 0 fully saturated rings. The second kappa shape index (κ2) is 5.98. The van der Waals surface area contributed by atoms with Crippen LogP contribution in [0.15, 0.2) is 36.4 Å². The smallest absolute Gasteiger partial charge is 0.307 e. The summed E-state index contributed by atoms with van der Waals surface area (Å²) in [4.78, 5) is 10.9. The molecular formula is C12H15NO2. The first kappa shape index (κ1) is 11.5. The summed E-state index contributed by atoms with van der Waals surface area (Å²) in [5.74, 6) is -0.291. The molecule has 0 bridgehead atoms. The van der Waals surface area contributed by atoms with E-state index in [4.69, 9.17) is 5.73 Å². The predicted molar refractivity (Wildman–Crippen MR) is 60.1 cm³/mol. The monoisotopic (exact) mass is 205 g/mol. The van der Waals surface area contributed by atoms with Gasteiger partial charge in [-0.3, -0.25) is 4.79 Å². The number of benzene rings is 1. The van der Waals surface area contributed by atoms with Gasteiger partial charge in [-0.25, -0.2) is 0 Å². The van der Waals surface area contributed by atoms with Crippen LogP contribution >= 0.6 is 0 Å². The summed E-state index contributed by atoms with van der Waals surface area (Å²) in [6.45, 7) is 0. The molecule has 0 saturated carbocycles. The van der Waals surface area contributed by atoms with E-state index >= 15 is 0 Å². The van der Waals surface area contributed by atoms with Crippen molar-refractivity contribution < 1.29 is 9.53 Å². The number of carbonyl (C=O) groups excluding carboxylic acids is 1. The second-order valence-corrected chi connectivity index (χ2v) is 3.21. The lowest BCUT2D eigenvalue weighted by Crippen LogP contribution is -2.21. The molecule has 0 aliphatic carbocycles. The number of carbonyl (C=O) groups is 1. The lowest BCUT2D eigenvalue weighted by atomic mass is 10.1. The zero-order chi connectivity index (χ0) is 11.1. The molecule has 1 rings (SSSR count). The van der Waals surface area contributed by atoms with Gasteiger partial charge in [0.05, 0.1) is 13.5 Å². The molecule has 1 aromatic rings. The number of ether oxygens (including phenoxy) is 1. The van der Waals surface area contributed by atoms with Gasteiger partial charge < -0.3 is 10.5 Å². The maximum absolute atomic E-state index is 10.9. The summed E-state index contributed by atoms with van der Waals surface area (Å²) in [6, 6.07) is 9.50. The Bertz CT molecular complexity index is 333. The minimum absolute atomic E-state index is 0.208. The van der Waals surface area contributed by atoms with Crippen LogP contribution < -0.4 is 5.73 Å². The molecule has 3 heteroatoms. The summed E-state index contributed by atoms with van der Waals surface area (Å²) >= 11 is 0. The molecule has 0 amide bonds. The SMILES string of the molecule is COC(=O)C[C@H](N)C=Cc1ccccc1. The molecule has 2 N–H and O–H groups in total. The summed E-state index contributed by atoms with van der Waals surface area (Å²) in [5.41, 5.74) is 6.78.